The molecule has 9 rings (SSSR count). The molecule has 7 atom stereocenters. The Balaban J connectivity index is 0.00000693. The van der Waals surface area contributed by atoms with Crippen LogP contribution in [0.15, 0.2) is 66.2 Å². The SMILES string of the molecule is C/C(=C\CN1C(=O)c2cccc(O)c2[N-]c2c(O)cc(O)cc21)CCCC(C)CCC1OC1(C)Cc1cc(O)c2c(c1)C(=O)N(CC1OC1(C)CCC1OC1(C)CCCC(C)C)c1cc(O)cc(O)c1N2.[Li+]. The zero-order valence-electron chi connectivity index (χ0n) is 42.9. The van der Waals surface area contributed by atoms with Crippen LogP contribution in [-0.2, 0) is 20.6 Å². The molecule has 5 heterocycles. The third-order valence-electron chi connectivity index (χ3n) is 15.5. The molecule has 72 heavy (non-hydrogen) atoms. The molecule has 4 aromatic carbocycles. The van der Waals surface area contributed by atoms with E-state index in [0.717, 1.165) is 75.0 Å². The van der Waals surface area contributed by atoms with E-state index in [1.54, 1.807) is 24.3 Å². The van der Waals surface area contributed by atoms with Gasteiger partial charge in [0.1, 0.15) is 46.3 Å². The quantitative estimate of drug-likeness (QED) is 0.0145. The van der Waals surface area contributed by atoms with Gasteiger partial charge in [0.15, 0.2) is 0 Å². The maximum Gasteiger partial charge on any atom is 1.00 e. The third-order valence-corrected chi connectivity index (χ3v) is 15.5. The van der Waals surface area contributed by atoms with Gasteiger partial charge in [-0.1, -0.05) is 75.2 Å². The van der Waals surface area contributed by atoms with E-state index in [0.29, 0.717) is 18.3 Å². The second kappa shape index (κ2) is 20.4. The Bertz CT molecular complexity index is 2770. The second-order valence-electron chi connectivity index (χ2n) is 21.9. The van der Waals surface area contributed by atoms with Crippen LogP contribution in [0.4, 0.5) is 34.1 Å². The molecule has 0 aliphatic carbocycles. The molecule has 16 heteroatoms. The van der Waals surface area contributed by atoms with Gasteiger partial charge in [0.25, 0.3) is 11.8 Å². The molecule has 0 saturated carbocycles. The van der Waals surface area contributed by atoms with Crippen LogP contribution in [-0.4, -0.2) is 90.7 Å². The molecule has 3 fully saturated rings. The van der Waals surface area contributed by atoms with E-state index >= 15 is 0 Å². The summed E-state index contributed by atoms with van der Waals surface area (Å²) < 4.78 is 18.8. The zero-order valence-corrected chi connectivity index (χ0v) is 42.9. The Morgan fingerprint density at radius 3 is 2.10 bits per heavy atom. The number of fused-ring (bicyclic) bond motifs is 4. The number of para-hydroxylation sites is 1. The topological polar surface area (TPSA) is 226 Å². The van der Waals surface area contributed by atoms with Gasteiger partial charge in [-0.25, -0.2) is 0 Å². The molecule has 0 spiro atoms. The van der Waals surface area contributed by atoms with Crippen molar-refractivity contribution in [2.75, 3.05) is 28.2 Å². The van der Waals surface area contributed by atoms with Crippen LogP contribution < -0.4 is 34.0 Å². The van der Waals surface area contributed by atoms with Gasteiger partial charge in [0.05, 0.1) is 52.5 Å². The van der Waals surface area contributed by atoms with Gasteiger partial charge in [-0.2, -0.15) is 0 Å². The molecule has 7 N–H and O–H groups in total. The van der Waals surface area contributed by atoms with Crippen LogP contribution >= 0.6 is 0 Å². The summed E-state index contributed by atoms with van der Waals surface area (Å²) in [5.74, 6) is -1.03. The number of nitrogens with zero attached hydrogens (tertiary/aromatic N) is 3. The van der Waals surface area contributed by atoms with Gasteiger partial charge in [-0.3, -0.25) is 9.59 Å². The Hall–Kier alpha value is -5.56. The first-order valence-corrected chi connectivity index (χ1v) is 25.3. The molecule has 0 radical (unpaired) electrons. The first-order chi connectivity index (χ1) is 33.6. The number of phenolic OH excluding ortho intramolecular Hbond substituents is 6. The Labute approximate surface area is 434 Å². The molecule has 0 bridgehead atoms. The van der Waals surface area contributed by atoms with Crippen molar-refractivity contribution in [3.8, 4) is 34.5 Å². The predicted molar refractivity (Wildman–Crippen MR) is 273 cm³/mol. The van der Waals surface area contributed by atoms with Crippen molar-refractivity contribution in [3.05, 3.63) is 88.3 Å². The second-order valence-corrected chi connectivity index (χ2v) is 21.9. The molecule has 0 aromatic heterocycles. The van der Waals surface area contributed by atoms with Gasteiger partial charge < -0.3 is 65.3 Å². The third kappa shape index (κ3) is 11.0. The van der Waals surface area contributed by atoms with Crippen molar-refractivity contribution >= 4 is 45.9 Å². The number of anilines is 4. The standard InChI is InChI=1S/C56H70N4O11.Li/c1-31(2)11-10-20-54(5)46(69-54)18-21-55(6)47(71-55)30-60-40-26-36(62)28-44(66)51(40)58-49-38(53(60)68)23-34(24-42(49)64)29-56(7)45(70-56)17-16-32(3)12-8-13-33(4)19-22-59-39-25-35(61)27-43(65)50(39)57-48-37(52(59)67)14-9-15-41(48)63;/h9,14-15,19,23-28,31-32,45-47H,8,10-13,16-18,20-22,29-30H2,1-7H3,(H8,57,58,61,62,63,64,65,66,67,68);/q;+1/p-1/b33-19+;. The molecule has 380 valence electrons. The number of allylic oxidation sites excluding steroid dienone is 1. The van der Waals surface area contributed by atoms with E-state index < -0.39 is 23.0 Å². The summed E-state index contributed by atoms with van der Waals surface area (Å²) in [4.78, 5) is 31.4. The minimum atomic E-state index is -0.490. The van der Waals surface area contributed by atoms with Crippen LogP contribution in [0.25, 0.3) is 5.32 Å². The van der Waals surface area contributed by atoms with Crippen LogP contribution in [0, 0.1) is 11.8 Å². The number of hydrogen-bond acceptors (Lipinski definition) is 12. The fraction of sp³-hybridized carbons (Fsp3) is 0.500. The summed E-state index contributed by atoms with van der Waals surface area (Å²) >= 11 is 0. The number of amides is 2. The molecule has 2 amide bonds. The van der Waals surface area contributed by atoms with Crippen molar-refractivity contribution in [2.24, 2.45) is 11.8 Å². The predicted octanol–water partition coefficient (Wildman–Crippen LogP) is 8.78. The molecule has 15 nitrogen and oxygen atoms in total. The number of nitrogens with one attached hydrogen (secondary N) is 1. The summed E-state index contributed by atoms with van der Waals surface area (Å²) in [6.45, 7) is 15.4. The fourth-order valence-corrected chi connectivity index (χ4v) is 10.8. The van der Waals surface area contributed by atoms with E-state index in [1.165, 1.54) is 40.5 Å². The molecule has 3 saturated heterocycles. The molecule has 5 aliphatic heterocycles. The monoisotopic (exact) mass is 981 g/mol. The first kappa shape index (κ1) is 52.8. The Morgan fingerprint density at radius 2 is 1.35 bits per heavy atom. The van der Waals surface area contributed by atoms with E-state index in [2.05, 4.69) is 52.2 Å². The summed E-state index contributed by atoms with van der Waals surface area (Å²) in [6.07, 6.45) is 11.8. The minimum Gasteiger partial charge on any atom is -0.650 e. The van der Waals surface area contributed by atoms with Crippen molar-refractivity contribution in [2.45, 2.75) is 154 Å². The number of benzene rings is 4. The van der Waals surface area contributed by atoms with E-state index in [1.807, 2.05) is 13.0 Å². The van der Waals surface area contributed by atoms with Crippen LogP contribution in [0.2, 0.25) is 0 Å². The maximum absolute atomic E-state index is 14.7. The smallest absolute Gasteiger partial charge is 0.650 e. The molecular weight excluding hydrogens is 912 g/mol. The van der Waals surface area contributed by atoms with Gasteiger partial charge >= 0.3 is 18.9 Å². The average Bonchev–Trinajstić information content (AvgIpc) is 4.25. The zero-order chi connectivity index (χ0) is 50.7. The number of ether oxygens (including phenoxy) is 3. The van der Waals surface area contributed by atoms with Crippen molar-refractivity contribution in [1.82, 2.24) is 0 Å². The summed E-state index contributed by atoms with van der Waals surface area (Å²) in [7, 11) is 0. The van der Waals surface area contributed by atoms with Gasteiger partial charge in [0, 0.05) is 48.5 Å². The largest absolute Gasteiger partial charge is 1.00 e. The number of hydrogen-bond donors (Lipinski definition) is 7. The van der Waals surface area contributed by atoms with Gasteiger partial charge in [-0.05, 0) is 108 Å². The molecule has 4 aromatic rings. The Morgan fingerprint density at radius 1 is 0.694 bits per heavy atom. The summed E-state index contributed by atoms with van der Waals surface area (Å²) in [5, 5.41) is 72.2. The van der Waals surface area contributed by atoms with E-state index in [9.17, 15) is 40.2 Å². The number of epoxide rings is 3. The molecular formula is C56H69LiN4O11. The average molecular weight is 981 g/mol. The number of aromatic hydroxyl groups is 6. The molecule has 7 unspecified atom stereocenters. The van der Waals surface area contributed by atoms with Gasteiger partial charge in [0.2, 0.25) is 0 Å². The first-order valence-electron chi connectivity index (χ1n) is 25.3. The van der Waals surface area contributed by atoms with Crippen molar-refractivity contribution < 1.29 is 73.3 Å². The number of rotatable bonds is 20. The summed E-state index contributed by atoms with van der Waals surface area (Å²) in [6, 6.07) is 13.2. The Kier molecular flexibility index (Phi) is 14.9. The van der Waals surface area contributed by atoms with Crippen LogP contribution in [0.1, 0.15) is 139 Å². The number of carbonyl (C=O) groups excluding carboxylic acids is 2. The minimum absolute atomic E-state index is 0. The van der Waals surface area contributed by atoms with Crippen LogP contribution in [0.5, 0.6) is 34.5 Å². The van der Waals surface area contributed by atoms with E-state index in [4.69, 9.17) is 14.2 Å². The number of carbonyl (C=O) groups is 2. The van der Waals surface area contributed by atoms with Gasteiger partial charge in [-0.15, -0.1) is 0 Å². The number of phenols is 6. The van der Waals surface area contributed by atoms with Crippen molar-refractivity contribution in [1.29, 1.82) is 0 Å². The fourth-order valence-electron chi connectivity index (χ4n) is 10.8. The van der Waals surface area contributed by atoms with Crippen molar-refractivity contribution in [3.63, 3.8) is 0 Å². The van der Waals surface area contributed by atoms with Crippen LogP contribution in [0.3, 0.4) is 0 Å². The molecule has 5 aliphatic rings. The normalized spacial score (nSPS) is 25.2. The van der Waals surface area contributed by atoms with E-state index in [-0.39, 0.29) is 136 Å². The maximum atomic E-state index is 14.7. The summed E-state index contributed by atoms with van der Waals surface area (Å²) in [5.41, 5.74) is 2.24.